The van der Waals surface area contributed by atoms with Crippen molar-refractivity contribution in [2.24, 2.45) is 0 Å². The van der Waals surface area contributed by atoms with Crippen LogP contribution in [0, 0.1) is 11.3 Å². The van der Waals surface area contributed by atoms with Crippen LogP contribution in [0.2, 0.25) is 5.02 Å². The van der Waals surface area contributed by atoms with E-state index < -0.39 is 0 Å². The largest absolute Gasteiger partial charge is 0.377 e. The molecule has 0 radical (unpaired) electrons. The van der Waals surface area contributed by atoms with Crippen molar-refractivity contribution >= 4 is 11.6 Å². The summed E-state index contributed by atoms with van der Waals surface area (Å²) in [6.45, 7) is 2.08. The number of likely N-dealkylation sites (tertiary alicyclic amines) is 1. The van der Waals surface area contributed by atoms with Crippen LogP contribution in [0.15, 0.2) is 18.2 Å². The molecule has 2 aromatic rings. The second kappa shape index (κ2) is 7.75. The first kappa shape index (κ1) is 16.9. The minimum absolute atomic E-state index is 0.155. The highest BCUT2D eigenvalue weighted by Crippen LogP contribution is 2.31. The number of H-pyrrole nitrogens is 1. The standard InChI is InChI=1S/C17H20ClN5O/c1-24-11-16-20-17(22-21-16)15-4-2-3-7-23(15)10-12-5-6-14(18)8-13(12)9-19/h5-6,8,15H,2-4,7,10-11H2,1H3,(H,20,21,22)/t15-/m1/s1. The van der Waals surface area contributed by atoms with Crippen molar-refractivity contribution < 1.29 is 4.74 Å². The topological polar surface area (TPSA) is 77.8 Å². The average molecular weight is 346 g/mol. The Morgan fingerprint density at radius 1 is 1.46 bits per heavy atom. The van der Waals surface area contributed by atoms with Crippen LogP contribution in [0.25, 0.3) is 0 Å². The van der Waals surface area contributed by atoms with Crippen LogP contribution < -0.4 is 0 Å². The van der Waals surface area contributed by atoms with Crippen molar-refractivity contribution in [3.63, 3.8) is 0 Å². The lowest BCUT2D eigenvalue weighted by atomic mass is 9.99. The minimum atomic E-state index is 0.155. The van der Waals surface area contributed by atoms with Crippen LogP contribution in [-0.4, -0.2) is 33.7 Å². The van der Waals surface area contributed by atoms with Gasteiger partial charge in [-0.2, -0.15) is 10.4 Å². The SMILES string of the molecule is COCc1nc([C@H]2CCCCN2Cc2ccc(Cl)cc2C#N)n[nH]1. The number of ether oxygens (including phenoxy) is 1. The number of nitriles is 1. The Balaban J connectivity index is 1.81. The highest BCUT2D eigenvalue weighted by atomic mass is 35.5. The van der Waals surface area contributed by atoms with Crippen LogP contribution in [0.5, 0.6) is 0 Å². The van der Waals surface area contributed by atoms with Crippen LogP contribution in [-0.2, 0) is 17.9 Å². The molecule has 0 amide bonds. The summed E-state index contributed by atoms with van der Waals surface area (Å²) in [6.07, 6.45) is 3.31. The predicted octanol–water partition coefficient (Wildman–Crippen LogP) is 3.20. The summed E-state index contributed by atoms with van der Waals surface area (Å²) in [5.74, 6) is 1.54. The van der Waals surface area contributed by atoms with Gasteiger partial charge in [0.1, 0.15) is 6.61 Å². The van der Waals surface area contributed by atoms with E-state index in [9.17, 15) is 5.26 Å². The fraction of sp³-hybridized carbons (Fsp3) is 0.471. The van der Waals surface area contributed by atoms with Gasteiger partial charge >= 0.3 is 0 Å². The second-order valence-electron chi connectivity index (χ2n) is 5.97. The maximum atomic E-state index is 9.35. The molecule has 0 bridgehead atoms. The van der Waals surface area contributed by atoms with E-state index in [1.165, 1.54) is 0 Å². The van der Waals surface area contributed by atoms with Crippen LogP contribution in [0.3, 0.4) is 0 Å². The number of rotatable bonds is 5. The van der Waals surface area contributed by atoms with Gasteiger partial charge in [0.2, 0.25) is 0 Å². The Hall–Kier alpha value is -1.94. The molecule has 1 aliphatic rings. The Morgan fingerprint density at radius 3 is 3.12 bits per heavy atom. The molecule has 126 valence electrons. The Kier molecular flexibility index (Phi) is 5.46. The third-order valence-electron chi connectivity index (χ3n) is 4.31. The third kappa shape index (κ3) is 3.75. The molecule has 3 rings (SSSR count). The van der Waals surface area contributed by atoms with Gasteiger partial charge in [-0.3, -0.25) is 10.00 Å². The molecule has 1 aliphatic heterocycles. The Bertz CT molecular complexity index is 739. The number of hydrogen-bond donors (Lipinski definition) is 1. The lowest BCUT2D eigenvalue weighted by molar-refractivity contribution is 0.133. The molecule has 0 spiro atoms. The number of halogens is 1. The number of aromatic amines is 1. The summed E-state index contributed by atoms with van der Waals surface area (Å²) in [5.41, 5.74) is 1.61. The summed E-state index contributed by atoms with van der Waals surface area (Å²) >= 11 is 5.99. The van der Waals surface area contributed by atoms with E-state index in [-0.39, 0.29) is 6.04 Å². The zero-order valence-corrected chi connectivity index (χ0v) is 14.4. The number of aromatic nitrogens is 3. The lowest BCUT2D eigenvalue weighted by Gasteiger charge is -2.34. The monoisotopic (exact) mass is 345 g/mol. The van der Waals surface area contributed by atoms with E-state index in [0.29, 0.717) is 23.7 Å². The number of methoxy groups -OCH3 is 1. The van der Waals surface area contributed by atoms with Crippen molar-refractivity contribution in [1.82, 2.24) is 20.1 Å². The predicted molar refractivity (Wildman–Crippen MR) is 90.3 cm³/mol. The number of piperidine rings is 1. The fourth-order valence-corrected chi connectivity index (χ4v) is 3.31. The van der Waals surface area contributed by atoms with E-state index in [1.54, 1.807) is 13.2 Å². The van der Waals surface area contributed by atoms with E-state index in [2.05, 4.69) is 26.2 Å². The lowest BCUT2D eigenvalue weighted by Crippen LogP contribution is -2.33. The molecule has 1 aromatic carbocycles. The molecule has 0 unspecified atom stereocenters. The Morgan fingerprint density at radius 2 is 2.33 bits per heavy atom. The number of hydrogen-bond acceptors (Lipinski definition) is 5. The maximum Gasteiger partial charge on any atom is 0.167 e. The van der Waals surface area contributed by atoms with E-state index in [4.69, 9.17) is 16.3 Å². The average Bonchev–Trinajstić information content (AvgIpc) is 3.06. The molecule has 1 saturated heterocycles. The van der Waals surface area contributed by atoms with Crippen molar-refractivity contribution in [3.05, 3.63) is 46.0 Å². The highest BCUT2D eigenvalue weighted by molar-refractivity contribution is 6.30. The minimum Gasteiger partial charge on any atom is -0.377 e. The Labute approximate surface area is 146 Å². The first-order valence-electron chi connectivity index (χ1n) is 8.04. The van der Waals surface area contributed by atoms with E-state index in [0.717, 1.165) is 43.0 Å². The van der Waals surface area contributed by atoms with Gasteiger partial charge in [-0.05, 0) is 37.1 Å². The normalized spacial score (nSPS) is 18.5. The van der Waals surface area contributed by atoms with Crippen LogP contribution in [0.1, 0.15) is 48.1 Å². The van der Waals surface area contributed by atoms with Crippen molar-refractivity contribution in [2.45, 2.75) is 38.5 Å². The van der Waals surface area contributed by atoms with Gasteiger partial charge in [0, 0.05) is 18.7 Å². The van der Waals surface area contributed by atoms with Gasteiger partial charge < -0.3 is 4.74 Å². The summed E-state index contributed by atoms with van der Waals surface area (Å²) < 4.78 is 5.10. The van der Waals surface area contributed by atoms with Crippen molar-refractivity contribution in [1.29, 1.82) is 5.26 Å². The zero-order chi connectivity index (χ0) is 16.9. The van der Waals surface area contributed by atoms with Crippen molar-refractivity contribution in [3.8, 4) is 6.07 Å². The van der Waals surface area contributed by atoms with Crippen molar-refractivity contribution in [2.75, 3.05) is 13.7 Å². The van der Waals surface area contributed by atoms with Gasteiger partial charge in [-0.25, -0.2) is 4.98 Å². The molecule has 24 heavy (non-hydrogen) atoms. The summed E-state index contributed by atoms with van der Waals surface area (Å²) in [4.78, 5) is 6.89. The molecule has 1 N–H and O–H groups in total. The quantitative estimate of drug-likeness (QED) is 0.900. The third-order valence-corrected chi connectivity index (χ3v) is 4.54. The molecular formula is C17H20ClN5O. The van der Waals surface area contributed by atoms with E-state index >= 15 is 0 Å². The molecular weight excluding hydrogens is 326 g/mol. The summed E-state index contributed by atoms with van der Waals surface area (Å²) in [5, 5.41) is 17.2. The molecule has 0 aliphatic carbocycles. The van der Waals surface area contributed by atoms with Gasteiger partial charge in [-0.1, -0.05) is 24.1 Å². The summed E-state index contributed by atoms with van der Waals surface area (Å²) in [6, 6.07) is 7.88. The summed E-state index contributed by atoms with van der Waals surface area (Å²) in [7, 11) is 1.64. The first-order chi connectivity index (χ1) is 11.7. The van der Waals surface area contributed by atoms with E-state index in [1.807, 2.05) is 12.1 Å². The highest BCUT2D eigenvalue weighted by Gasteiger charge is 2.27. The molecule has 0 saturated carbocycles. The smallest absolute Gasteiger partial charge is 0.167 e. The van der Waals surface area contributed by atoms with Crippen LogP contribution in [0.4, 0.5) is 0 Å². The second-order valence-corrected chi connectivity index (χ2v) is 6.41. The van der Waals surface area contributed by atoms with Gasteiger partial charge in [0.25, 0.3) is 0 Å². The number of benzene rings is 1. The van der Waals surface area contributed by atoms with Gasteiger partial charge in [0.15, 0.2) is 11.6 Å². The number of nitrogens with zero attached hydrogens (tertiary/aromatic N) is 4. The van der Waals surface area contributed by atoms with Gasteiger partial charge in [0.05, 0.1) is 17.7 Å². The number of nitrogens with one attached hydrogen (secondary N) is 1. The molecule has 1 aromatic heterocycles. The molecule has 1 atom stereocenters. The maximum absolute atomic E-state index is 9.35. The molecule has 1 fully saturated rings. The first-order valence-corrected chi connectivity index (χ1v) is 8.41. The zero-order valence-electron chi connectivity index (χ0n) is 13.6. The fourth-order valence-electron chi connectivity index (χ4n) is 3.14. The molecule has 7 heteroatoms. The van der Waals surface area contributed by atoms with Crippen LogP contribution >= 0.6 is 11.6 Å². The molecule has 2 heterocycles. The molecule has 6 nitrogen and oxygen atoms in total. The van der Waals surface area contributed by atoms with Gasteiger partial charge in [-0.15, -0.1) is 0 Å².